The topological polar surface area (TPSA) is 52.1 Å². The number of aliphatic imine (C=N–C) groups is 1. The van der Waals surface area contributed by atoms with E-state index >= 15 is 0 Å². The maximum absolute atomic E-state index is 13.9. The zero-order chi connectivity index (χ0) is 14.8. The Kier molecular flexibility index (Phi) is 6.46. The summed E-state index contributed by atoms with van der Waals surface area (Å²) in [5.41, 5.74) is 2.68. The lowest BCUT2D eigenvalue weighted by Crippen LogP contribution is -2.07. The Morgan fingerprint density at radius 3 is 2.65 bits per heavy atom. The van der Waals surface area contributed by atoms with Crippen LogP contribution in [0, 0.1) is 30.5 Å². The third kappa shape index (κ3) is 4.52. The van der Waals surface area contributed by atoms with E-state index in [0.717, 1.165) is 0 Å². The van der Waals surface area contributed by atoms with E-state index < -0.39 is 5.82 Å². The molecule has 6 heteroatoms. The van der Waals surface area contributed by atoms with Gasteiger partial charge in [-0.2, -0.15) is 0 Å². The summed E-state index contributed by atoms with van der Waals surface area (Å²) >= 11 is 0. The molecule has 5 nitrogen and oxygen atoms in total. The van der Waals surface area contributed by atoms with Crippen LogP contribution in [-0.4, -0.2) is 26.7 Å². The Hall–Kier alpha value is -2.70. The third-order valence-corrected chi connectivity index (χ3v) is 1.99. The Balaban J connectivity index is 3.05. The lowest BCUT2D eigenvalue weighted by molar-refractivity contribution is 0.148. The molecule has 0 amide bonds. The van der Waals surface area contributed by atoms with Crippen LogP contribution in [0.2, 0.25) is 0 Å². The van der Waals surface area contributed by atoms with Gasteiger partial charge in [0.15, 0.2) is 17.3 Å². The predicted molar refractivity (Wildman–Crippen MR) is 73.4 cm³/mol. The van der Waals surface area contributed by atoms with E-state index in [9.17, 15) is 4.39 Å². The molecule has 0 spiro atoms. The maximum Gasteiger partial charge on any atom is 0.198 e. The Morgan fingerprint density at radius 2 is 2.00 bits per heavy atom. The summed E-state index contributed by atoms with van der Waals surface area (Å²) in [6.07, 6.45) is 11.4. The van der Waals surface area contributed by atoms with Crippen LogP contribution >= 0.6 is 0 Å². The van der Waals surface area contributed by atoms with Crippen LogP contribution < -0.4 is 15.0 Å². The molecule has 0 aliphatic heterocycles. The van der Waals surface area contributed by atoms with Gasteiger partial charge in [0.1, 0.15) is 19.6 Å². The van der Waals surface area contributed by atoms with Gasteiger partial charge in [0, 0.05) is 12.1 Å². The standard InChI is InChI=1S/C14H13FN2O3/c1-4-6-19-13-9-11(16-10-17-18-3)8-12(15)14(13)20-7-5-2/h1-2,8-10H,6-7H2,3H3,(H,16,17). The summed E-state index contributed by atoms with van der Waals surface area (Å²) in [4.78, 5) is 8.49. The molecule has 0 unspecified atom stereocenters. The van der Waals surface area contributed by atoms with Crippen LogP contribution in [0.15, 0.2) is 17.1 Å². The normalized spacial score (nSPS) is 9.80. The zero-order valence-corrected chi connectivity index (χ0v) is 10.9. The average molecular weight is 276 g/mol. The van der Waals surface area contributed by atoms with Gasteiger partial charge in [0.25, 0.3) is 0 Å². The number of ether oxygens (including phenoxy) is 2. The fourth-order valence-corrected chi connectivity index (χ4v) is 1.26. The van der Waals surface area contributed by atoms with Crippen molar-refractivity contribution in [2.45, 2.75) is 0 Å². The number of nitrogens with one attached hydrogen (secondary N) is 1. The molecule has 1 N–H and O–H groups in total. The number of terminal acetylenes is 2. The first kappa shape index (κ1) is 15.4. The number of nitrogens with zero attached hydrogens (tertiary/aromatic N) is 1. The third-order valence-electron chi connectivity index (χ3n) is 1.99. The van der Waals surface area contributed by atoms with E-state index in [4.69, 9.17) is 22.3 Å². The Labute approximate surface area is 116 Å². The molecule has 1 aromatic rings. The largest absolute Gasteiger partial charge is 0.477 e. The van der Waals surface area contributed by atoms with Crippen LogP contribution in [-0.2, 0) is 4.84 Å². The molecule has 1 aromatic carbocycles. The zero-order valence-electron chi connectivity index (χ0n) is 10.9. The van der Waals surface area contributed by atoms with E-state index in [0.29, 0.717) is 5.69 Å². The SMILES string of the molecule is C#CCOc1cc(N=CNOC)cc(F)c1OCC#C. The molecule has 0 radical (unpaired) electrons. The first-order valence-electron chi connectivity index (χ1n) is 5.50. The van der Waals surface area contributed by atoms with Gasteiger partial charge >= 0.3 is 0 Å². The van der Waals surface area contributed by atoms with Gasteiger partial charge in [-0.05, 0) is 0 Å². The second-order valence-corrected chi connectivity index (χ2v) is 3.32. The monoisotopic (exact) mass is 276 g/mol. The molecule has 104 valence electrons. The molecule has 0 aromatic heterocycles. The number of hydrogen-bond donors (Lipinski definition) is 1. The van der Waals surface area contributed by atoms with Crippen molar-refractivity contribution in [3.8, 4) is 36.2 Å². The van der Waals surface area contributed by atoms with E-state index in [2.05, 4.69) is 27.2 Å². The van der Waals surface area contributed by atoms with Crippen LogP contribution in [0.4, 0.5) is 10.1 Å². The maximum atomic E-state index is 13.9. The van der Waals surface area contributed by atoms with Gasteiger partial charge in [0.2, 0.25) is 0 Å². The van der Waals surface area contributed by atoms with Gasteiger partial charge in [-0.25, -0.2) is 9.38 Å². The number of hydrogen-bond acceptors (Lipinski definition) is 4. The van der Waals surface area contributed by atoms with E-state index in [1.807, 2.05) is 0 Å². The molecule has 0 atom stereocenters. The molecule has 20 heavy (non-hydrogen) atoms. The van der Waals surface area contributed by atoms with Crippen molar-refractivity contribution in [1.29, 1.82) is 0 Å². The van der Waals surface area contributed by atoms with Gasteiger partial charge < -0.3 is 9.47 Å². The molecular formula is C14H13FN2O3. The van der Waals surface area contributed by atoms with Crippen LogP contribution in [0.3, 0.4) is 0 Å². The lowest BCUT2D eigenvalue weighted by atomic mass is 10.2. The number of halogens is 1. The minimum atomic E-state index is -0.653. The van der Waals surface area contributed by atoms with Crippen LogP contribution in [0.5, 0.6) is 11.5 Å². The first-order valence-corrected chi connectivity index (χ1v) is 5.50. The smallest absolute Gasteiger partial charge is 0.198 e. The van der Waals surface area contributed by atoms with Crippen molar-refractivity contribution in [2.24, 2.45) is 4.99 Å². The minimum Gasteiger partial charge on any atom is -0.477 e. The molecular weight excluding hydrogens is 263 g/mol. The summed E-state index contributed by atoms with van der Waals surface area (Å²) in [6, 6.07) is 2.64. The van der Waals surface area contributed by atoms with Gasteiger partial charge in [0.05, 0.1) is 12.8 Å². The van der Waals surface area contributed by atoms with Gasteiger partial charge in [-0.15, -0.1) is 12.8 Å². The molecule has 0 bridgehead atoms. The molecule has 0 saturated carbocycles. The number of benzene rings is 1. The Bertz CT molecular complexity index is 559. The Morgan fingerprint density at radius 1 is 1.30 bits per heavy atom. The summed E-state index contributed by atoms with van der Waals surface area (Å²) in [5.74, 6) is 3.90. The highest BCUT2D eigenvalue weighted by molar-refractivity contribution is 5.62. The molecule has 0 heterocycles. The number of hydroxylamine groups is 1. The molecule has 0 fully saturated rings. The van der Waals surface area contributed by atoms with Gasteiger partial charge in [-0.1, -0.05) is 11.8 Å². The predicted octanol–water partition coefficient (Wildman–Crippen LogP) is 1.66. The summed E-state index contributed by atoms with van der Waals surface area (Å²) < 4.78 is 24.2. The van der Waals surface area contributed by atoms with Crippen molar-refractivity contribution in [1.82, 2.24) is 5.48 Å². The lowest BCUT2D eigenvalue weighted by Gasteiger charge is -2.11. The van der Waals surface area contributed by atoms with Crippen LogP contribution in [0.1, 0.15) is 0 Å². The number of rotatable bonds is 7. The van der Waals surface area contributed by atoms with Crippen molar-refractivity contribution in [3.05, 3.63) is 17.9 Å². The molecule has 0 aliphatic rings. The van der Waals surface area contributed by atoms with Gasteiger partial charge in [-0.3, -0.25) is 10.3 Å². The molecule has 0 aliphatic carbocycles. The fraction of sp³-hybridized carbons (Fsp3) is 0.214. The second kappa shape index (κ2) is 8.41. The van der Waals surface area contributed by atoms with Crippen molar-refractivity contribution < 1.29 is 18.7 Å². The highest BCUT2D eigenvalue weighted by atomic mass is 19.1. The van der Waals surface area contributed by atoms with E-state index in [1.165, 1.54) is 25.6 Å². The van der Waals surface area contributed by atoms with Crippen LogP contribution in [0.25, 0.3) is 0 Å². The summed E-state index contributed by atoms with van der Waals surface area (Å²) in [5, 5.41) is 0. The fourth-order valence-electron chi connectivity index (χ4n) is 1.26. The van der Waals surface area contributed by atoms with E-state index in [1.54, 1.807) is 0 Å². The van der Waals surface area contributed by atoms with E-state index in [-0.39, 0.29) is 24.7 Å². The average Bonchev–Trinajstić information content (AvgIpc) is 2.44. The van der Waals surface area contributed by atoms with Crippen molar-refractivity contribution in [2.75, 3.05) is 20.3 Å². The summed E-state index contributed by atoms with van der Waals surface area (Å²) in [7, 11) is 1.42. The minimum absolute atomic E-state index is 0.0324. The van der Waals surface area contributed by atoms with Crippen molar-refractivity contribution in [3.63, 3.8) is 0 Å². The first-order chi connectivity index (χ1) is 9.72. The highest BCUT2D eigenvalue weighted by Crippen LogP contribution is 2.34. The van der Waals surface area contributed by atoms with Crippen molar-refractivity contribution >= 4 is 12.0 Å². The summed E-state index contributed by atoms with van der Waals surface area (Å²) in [6.45, 7) is -0.119. The molecule has 0 saturated heterocycles. The highest BCUT2D eigenvalue weighted by Gasteiger charge is 2.13. The quantitative estimate of drug-likeness (QED) is 0.356. The second-order valence-electron chi connectivity index (χ2n) is 3.32. The molecule has 1 rings (SSSR count).